The summed E-state index contributed by atoms with van der Waals surface area (Å²) in [6, 6.07) is 8.80. The number of methoxy groups -OCH3 is 1. The maximum absolute atomic E-state index is 6.30. The third kappa shape index (κ3) is 3.14. The Bertz CT molecular complexity index is 423. The molecule has 1 aliphatic rings. The van der Waals surface area contributed by atoms with Gasteiger partial charge in [-0.3, -0.25) is 4.90 Å². The standard InChI is InChI=1S/C16H26N2O2/c1-4-13-11-20-10-9-18(13)16(12(2)17)14-7-5-6-8-15(14)19-3/h5-8,12-13,16H,4,9-11,17H2,1-3H3. The average Bonchev–Trinajstić information content (AvgIpc) is 2.48. The van der Waals surface area contributed by atoms with E-state index in [1.54, 1.807) is 7.11 Å². The predicted molar refractivity (Wildman–Crippen MR) is 81.0 cm³/mol. The van der Waals surface area contributed by atoms with Crippen LogP contribution in [-0.4, -0.2) is 43.9 Å². The molecule has 2 rings (SSSR count). The summed E-state index contributed by atoms with van der Waals surface area (Å²) in [6.45, 7) is 6.75. The lowest BCUT2D eigenvalue weighted by Crippen LogP contribution is -2.51. The molecule has 1 fully saturated rings. The quantitative estimate of drug-likeness (QED) is 0.897. The van der Waals surface area contributed by atoms with Crippen LogP contribution < -0.4 is 10.5 Å². The van der Waals surface area contributed by atoms with Crippen molar-refractivity contribution in [3.8, 4) is 5.75 Å². The molecule has 0 aliphatic carbocycles. The molecule has 0 spiro atoms. The SMILES string of the molecule is CCC1COCCN1C(c1ccccc1OC)C(C)N. The molecule has 20 heavy (non-hydrogen) atoms. The van der Waals surface area contributed by atoms with E-state index >= 15 is 0 Å². The maximum atomic E-state index is 6.30. The second-order valence-electron chi connectivity index (χ2n) is 5.42. The van der Waals surface area contributed by atoms with Gasteiger partial charge in [0.05, 0.1) is 26.4 Å². The van der Waals surface area contributed by atoms with Gasteiger partial charge in [0, 0.05) is 24.2 Å². The highest BCUT2D eigenvalue weighted by Crippen LogP contribution is 2.33. The van der Waals surface area contributed by atoms with Crippen molar-refractivity contribution in [2.75, 3.05) is 26.9 Å². The fourth-order valence-electron chi connectivity index (χ4n) is 3.06. The van der Waals surface area contributed by atoms with Gasteiger partial charge in [-0.2, -0.15) is 0 Å². The minimum atomic E-state index is 0.0402. The van der Waals surface area contributed by atoms with E-state index in [9.17, 15) is 0 Å². The Hall–Kier alpha value is -1.10. The first kappa shape index (κ1) is 15.3. The number of nitrogens with two attached hydrogens (primary N) is 1. The molecule has 0 saturated carbocycles. The number of hydrogen-bond acceptors (Lipinski definition) is 4. The lowest BCUT2D eigenvalue weighted by Gasteiger charge is -2.42. The third-order valence-electron chi connectivity index (χ3n) is 4.06. The summed E-state index contributed by atoms with van der Waals surface area (Å²) >= 11 is 0. The molecule has 0 amide bonds. The topological polar surface area (TPSA) is 47.7 Å². The van der Waals surface area contributed by atoms with Crippen LogP contribution in [0.5, 0.6) is 5.75 Å². The van der Waals surface area contributed by atoms with Gasteiger partial charge in [0.15, 0.2) is 0 Å². The van der Waals surface area contributed by atoms with Gasteiger partial charge in [-0.15, -0.1) is 0 Å². The van der Waals surface area contributed by atoms with Crippen LogP contribution in [0.2, 0.25) is 0 Å². The number of para-hydroxylation sites is 1. The molecule has 0 radical (unpaired) electrons. The van der Waals surface area contributed by atoms with E-state index in [1.165, 1.54) is 5.56 Å². The third-order valence-corrected chi connectivity index (χ3v) is 4.06. The molecule has 3 unspecified atom stereocenters. The normalized spacial score (nSPS) is 23.3. The van der Waals surface area contributed by atoms with Crippen LogP contribution in [0.25, 0.3) is 0 Å². The van der Waals surface area contributed by atoms with Gasteiger partial charge in [0.2, 0.25) is 0 Å². The van der Waals surface area contributed by atoms with Gasteiger partial charge in [-0.1, -0.05) is 25.1 Å². The van der Waals surface area contributed by atoms with Crippen molar-refractivity contribution >= 4 is 0 Å². The lowest BCUT2D eigenvalue weighted by molar-refractivity contribution is -0.0352. The zero-order valence-corrected chi connectivity index (χ0v) is 12.7. The summed E-state index contributed by atoms with van der Waals surface area (Å²) in [4.78, 5) is 2.48. The summed E-state index contributed by atoms with van der Waals surface area (Å²) < 4.78 is 11.1. The zero-order chi connectivity index (χ0) is 14.5. The summed E-state index contributed by atoms with van der Waals surface area (Å²) in [5.74, 6) is 0.913. The largest absolute Gasteiger partial charge is 0.496 e. The number of benzene rings is 1. The Morgan fingerprint density at radius 3 is 2.85 bits per heavy atom. The van der Waals surface area contributed by atoms with Crippen LogP contribution in [0, 0.1) is 0 Å². The number of nitrogens with zero attached hydrogens (tertiary/aromatic N) is 1. The van der Waals surface area contributed by atoms with Crippen molar-refractivity contribution in [1.29, 1.82) is 0 Å². The van der Waals surface area contributed by atoms with Crippen molar-refractivity contribution in [2.45, 2.75) is 38.4 Å². The number of ether oxygens (including phenoxy) is 2. The molecule has 1 aromatic carbocycles. The monoisotopic (exact) mass is 278 g/mol. The van der Waals surface area contributed by atoms with Crippen molar-refractivity contribution in [3.63, 3.8) is 0 Å². The second-order valence-corrected chi connectivity index (χ2v) is 5.42. The Balaban J connectivity index is 2.34. The van der Waals surface area contributed by atoms with Crippen LogP contribution >= 0.6 is 0 Å². The minimum Gasteiger partial charge on any atom is -0.496 e. The first-order chi connectivity index (χ1) is 9.69. The fourth-order valence-corrected chi connectivity index (χ4v) is 3.06. The van der Waals surface area contributed by atoms with Crippen molar-refractivity contribution < 1.29 is 9.47 Å². The Kier molecular flexibility index (Phi) is 5.40. The molecule has 1 heterocycles. The molecule has 112 valence electrons. The van der Waals surface area contributed by atoms with Crippen LogP contribution in [0.15, 0.2) is 24.3 Å². The molecule has 4 heteroatoms. The van der Waals surface area contributed by atoms with Crippen molar-refractivity contribution in [2.24, 2.45) is 5.73 Å². The Labute approximate surface area is 121 Å². The van der Waals surface area contributed by atoms with E-state index in [0.717, 1.165) is 31.9 Å². The Morgan fingerprint density at radius 2 is 2.20 bits per heavy atom. The van der Waals surface area contributed by atoms with Crippen LogP contribution in [0.1, 0.15) is 31.9 Å². The van der Waals surface area contributed by atoms with Gasteiger partial charge in [-0.25, -0.2) is 0 Å². The minimum absolute atomic E-state index is 0.0402. The molecule has 2 N–H and O–H groups in total. The van der Waals surface area contributed by atoms with Crippen molar-refractivity contribution in [1.82, 2.24) is 4.90 Å². The molecule has 1 aliphatic heterocycles. The summed E-state index contributed by atoms with van der Waals surface area (Å²) in [6.07, 6.45) is 1.07. The van der Waals surface area contributed by atoms with Gasteiger partial charge in [-0.05, 0) is 19.4 Å². The van der Waals surface area contributed by atoms with Crippen molar-refractivity contribution in [3.05, 3.63) is 29.8 Å². The van der Waals surface area contributed by atoms with E-state index in [4.69, 9.17) is 15.2 Å². The highest BCUT2D eigenvalue weighted by molar-refractivity contribution is 5.37. The highest BCUT2D eigenvalue weighted by Gasteiger charge is 2.33. The zero-order valence-electron chi connectivity index (χ0n) is 12.7. The maximum Gasteiger partial charge on any atom is 0.123 e. The first-order valence-electron chi connectivity index (χ1n) is 7.41. The average molecular weight is 278 g/mol. The molecule has 1 saturated heterocycles. The smallest absolute Gasteiger partial charge is 0.123 e. The van der Waals surface area contributed by atoms with E-state index in [2.05, 4.69) is 30.9 Å². The van der Waals surface area contributed by atoms with E-state index in [-0.39, 0.29) is 12.1 Å². The number of hydrogen-bond donors (Lipinski definition) is 1. The number of morpholine rings is 1. The first-order valence-corrected chi connectivity index (χ1v) is 7.41. The molecule has 0 bridgehead atoms. The fraction of sp³-hybridized carbons (Fsp3) is 0.625. The lowest BCUT2D eigenvalue weighted by atomic mass is 9.95. The number of rotatable bonds is 5. The van der Waals surface area contributed by atoms with Crippen LogP contribution in [0.4, 0.5) is 0 Å². The molecule has 3 atom stereocenters. The highest BCUT2D eigenvalue weighted by atomic mass is 16.5. The summed E-state index contributed by atoms with van der Waals surface area (Å²) in [7, 11) is 1.72. The van der Waals surface area contributed by atoms with E-state index < -0.39 is 0 Å². The second kappa shape index (κ2) is 7.07. The van der Waals surface area contributed by atoms with Crippen LogP contribution in [-0.2, 0) is 4.74 Å². The molecule has 4 nitrogen and oxygen atoms in total. The summed E-state index contributed by atoms with van der Waals surface area (Å²) in [5.41, 5.74) is 7.47. The Morgan fingerprint density at radius 1 is 1.45 bits per heavy atom. The predicted octanol–water partition coefficient (Wildman–Crippen LogP) is 2.19. The van der Waals surface area contributed by atoms with E-state index in [0.29, 0.717) is 6.04 Å². The molecule has 1 aromatic rings. The molecule has 0 aromatic heterocycles. The van der Waals surface area contributed by atoms with Gasteiger partial charge in [0.25, 0.3) is 0 Å². The van der Waals surface area contributed by atoms with E-state index in [1.807, 2.05) is 12.1 Å². The summed E-state index contributed by atoms with van der Waals surface area (Å²) in [5, 5.41) is 0. The van der Waals surface area contributed by atoms with Crippen LogP contribution in [0.3, 0.4) is 0 Å². The van der Waals surface area contributed by atoms with Gasteiger partial charge in [0.1, 0.15) is 5.75 Å². The molecular formula is C16H26N2O2. The molecular weight excluding hydrogens is 252 g/mol. The van der Waals surface area contributed by atoms with Gasteiger partial charge >= 0.3 is 0 Å². The van der Waals surface area contributed by atoms with Gasteiger partial charge < -0.3 is 15.2 Å².